The molecule has 1 saturated carbocycles. The van der Waals surface area contributed by atoms with Crippen LogP contribution in [0.15, 0.2) is 18.2 Å². The van der Waals surface area contributed by atoms with Crippen molar-refractivity contribution in [2.75, 3.05) is 6.61 Å². The van der Waals surface area contributed by atoms with Gasteiger partial charge in [-0.05, 0) is 47.9 Å². The fourth-order valence-electron chi connectivity index (χ4n) is 5.32. The van der Waals surface area contributed by atoms with E-state index in [0.717, 1.165) is 17.0 Å². The van der Waals surface area contributed by atoms with Gasteiger partial charge < -0.3 is 4.74 Å². The second kappa shape index (κ2) is 9.99. The molecular formula is C22H33F3OSi. The van der Waals surface area contributed by atoms with E-state index in [1.165, 1.54) is 75.6 Å². The lowest BCUT2D eigenvalue weighted by Crippen LogP contribution is -2.29. The number of hydrogen-bond donors (Lipinski definition) is 0. The average molecular weight is 399 g/mol. The molecule has 2 aliphatic rings. The summed E-state index contributed by atoms with van der Waals surface area (Å²) < 4.78 is 43.5. The molecule has 2 fully saturated rings. The smallest absolute Gasteiger partial charge is 0.272 e. The number of ether oxygens (including phenoxy) is 1. The summed E-state index contributed by atoms with van der Waals surface area (Å²) in [5, 5.41) is 0. The molecule has 1 aromatic carbocycles. The Balaban J connectivity index is 1.48. The lowest BCUT2D eigenvalue weighted by Gasteiger charge is -2.37. The Bertz CT molecular complexity index is 579. The average Bonchev–Trinajstić information content (AvgIpc) is 2.68. The first-order valence-corrected chi connectivity index (χ1v) is 13.1. The third-order valence-electron chi connectivity index (χ3n) is 6.82. The highest BCUT2D eigenvalue weighted by Gasteiger charge is 2.32. The van der Waals surface area contributed by atoms with Gasteiger partial charge in [-0.25, -0.2) is 13.2 Å². The largest absolute Gasteiger partial charge is 0.485 e. The minimum atomic E-state index is -2.58. The number of halogens is 3. The van der Waals surface area contributed by atoms with Crippen molar-refractivity contribution in [3.63, 3.8) is 0 Å². The first-order chi connectivity index (χ1) is 13.1. The van der Waals surface area contributed by atoms with Gasteiger partial charge in [0.05, 0.1) is 0 Å². The molecule has 0 radical (unpaired) electrons. The Morgan fingerprint density at radius 1 is 1.07 bits per heavy atom. The van der Waals surface area contributed by atoms with Crippen LogP contribution in [0.2, 0.25) is 17.6 Å². The van der Waals surface area contributed by atoms with Gasteiger partial charge in [-0.3, -0.25) is 0 Å². The Labute approximate surface area is 163 Å². The molecule has 0 amide bonds. The molecule has 1 heterocycles. The summed E-state index contributed by atoms with van der Waals surface area (Å²) in [6, 6.07) is 7.64. The monoisotopic (exact) mass is 398 g/mol. The second-order valence-corrected chi connectivity index (χ2v) is 12.2. The number of alkyl halides is 2. The van der Waals surface area contributed by atoms with Crippen molar-refractivity contribution >= 4 is 8.80 Å². The molecule has 0 unspecified atom stereocenters. The van der Waals surface area contributed by atoms with Crippen molar-refractivity contribution < 1.29 is 17.9 Å². The van der Waals surface area contributed by atoms with Crippen molar-refractivity contribution in [2.45, 2.75) is 88.3 Å². The Kier molecular flexibility index (Phi) is 7.68. The molecule has 27 heavy (non-hydrogen) atoms. The van der Waals surface area contributed by atoms with Crippen LogP contribution in [0.5, 0.6) is 5.75 Å². The fourth-order valence-corrected chi connectivity index (χ4v) is 9.54. The van der Waals surface area contributed by atoms with Crippen LogP contribution in [-0.4, -0.2) is 21.8 Å². The van der Waals surface area contributed by atoms with Crippen LogP contribution in [0.4, 0.5) is 13.2 Å². The number of hydrogen-bond acceptors (Lipinski definition) is 1. The molecule has 0 N–H and O–H groups in total. The van der Waals surface area contributed by atoms with Gasteiger partial charge in [0.15, 0.2) is 11.6 Å². The van der Waals surface area contributed by atoms with Crippen LogP contribution in [0, 0.1) is 11.7 Å². The first-order valence-electron chi connectivity index (χ1n) is 10.8. The molecule has 0 atom stereocenters. The van der Waals surface area contributed by atoms with Gasteiger partial charge >= 0.3 is 0 Å². The maximum absolute atomic E-state index is 14.2. The molecule has 1 nitrogen and oxygen atoms in total. The summed E-state index contributed by atoms with van der Waals surface area (Å²) in [5.41, 5.74) is 2.04. The summed E-state index contributed by atoms with van der Waals surface area (Å²) in [6.07, 6.45) is 8.28. The normalized spacial score (nSPS) is 29.1. The zero-order valence-corrected chi connectivity index (χ0v) is 17.6. The van der Waals surface area contributed by atoms with Crippen molar-refractivity contribution in [2.24, 2.45) is 5.92 Å². The summed E-state index contributed by atoms with van der Waals surface area (Å²) in [6.45, 7) is 1.54. The van der Waals surface area contributed by atoms with Crippen molar-refractivity contribution in [1.29, 1.82) is 0 Å². The van der Waals surface area contributed by atoms with E-state index in [0.29, 0.717) is 5.92 Å². The SMILES string of the molecule is CCC[C@H]1CC[C@H]([Si@H]2CC[C@H](c3ccc(OCC(F)F)c(F)c3)CC2)CC1. The van der Waals surface area contributed by atoms with Crippen molar-refractivity contribution in [1.82, 2.24) is 0 Å². The lowest BCUT2D eigenvalue weighted by molar-refractivity contribution is 0.0799. The Morgan fingerprint density at radius 2 is 1.78 bits per heavy atom. The maximum Gasteiger partial charge on any atom is 0.272 e. The third-order valence-corrected chi connectivity index (χ3v) is 11.0. The third kappa shape index (κ3) is 5.75. The van der Waals surface area contributed by atoms with Crippen LogP contribution in [0.1, 0.15) is 69.8 Å². The molecule has 0 bridgehead atoms. The van der Waals surface area contributed by atoms with Gasteiger partial charge in [0.2, 0.25) is 0 Å². The van der Waals surface area contributed by atoms with Gasteiger partial charge in [0, 0.05) is 8.80 Å². The zero-order valence-electron chi connectivity index (χ0n) is 16.4. The highest BCUT2D eigenvalue weighted by molar-refractivity contribution is 6.60. The van der Waals surface area contributed by atoms with E-state index in [1.54, 1.807) is 0 Å². The van der Waals surface area contributed by atoms with Crippen LogP contribution in [0.25, 0.3) is 0 Å². The maximum atomic E-state index is 14.2. The minimum absolute atomic E-state index is 0.0639. The van der Waals surface area contributed by atoms with E-state index in [2.05, 4.69) is 6.92 Å². The fraction of sp³-hybridized carbons (Fsp3) is 0.727. The standard InChI is InChI=1S/C22H33F3OSi/c1-2-3-16-4-7-19(8-5-16)27-12-10-17(11-13-27)18-6-9-21(20(23)14-18)26-15-22(24)25/h6,9,14,16-17,19,22,27H,2-5,7-8,10-13,15H2,1H3/t16-,17-,19-,27-. The molecule has 152 valence electrons. The summed E-state index contributed by atoms with van der Waals surface area (Å²) in [4.78, 5) is 0. The molecule has 1 saturated heterocycles. The van der Waals surface area contributed by atoms with Gasteiger partial charge in [-0.15, -0.1) is 0 Å². The van der Waals surface area contributed by atoms with Crippen LogP contribution in [0.3, 0.4) is 0 Å². The van der Waals surface area contributed by atoms with E-state index < -0.39 is 27.6 Å². The highest BCUT2D eigenvalue weighted by atomic mass is 28.3. The Hall–Kier alpha value is -0.973. The van der Waals surface area contributed by atoms with Crippen molar-refractivity contribution in [3.05, 3.63) is 29.6 Å². The molecule has 1 aliphatic carbocycles. The Morgan fingerprint density at radius 3 is 2.37 bits per heavy atom. The first kappa shape index (κ1) is 20.8. The molecule has 1 aromatic rings. The molecule has 1 aliphatic heterocycles. The van der Waals surface area contributed by atoms with Crippen LogP contribution < -0.4 is 4.74 Å². The lowest BCUT2D eigenvalue weighted by atomic mass is 9.86. The van der Waals surface area contributed by atoms with Crippen LogP contribution >= 0.6 is 0 Å². The molecule has 3 rings (SSSR count). The summed E-state index contributed by atoms with van der Waals surface area (Å²) in [7, 11) is -0.663. The highest BCUT2D eigenvalue weighted by Crippen LogP contribution is 2.44. The second-order valence-electron chi connectivity index (χ2n) is 8.57. The molecule has 0 aromatic heterocycles. The minimum Gasteiger partial charge on any atom is -0.485 e. The molecule has 0 spiro atoms. The van der Waals surface area contributed by atoms with E-state index in [1.807, 2.05) is 6.07 Å². The van der Waals surface area contributed by atoms with Gasteiger partial charge in [-0.2, -0.15) is 0 Å². The van der Waals surface area contributed by atoms with Crippen molar-refractivity contribution in [3.8, 4) is 5.75 Å². The predicted octanol–water partition coefficient (Wildman–Crippen LogP) is 6.93. The summed E-state index contributed by atoms with van der Waals surface area (Å²) >= 11 is 0. The predicted molar refractivity (Wildman–Crippen MR) is 107 cm³/mol. The van der Waals surface area contributed by atoms with Gasteiger partial charge in [0.25, 0.3) is 6.43 Å². The number of rotatable bonds is 7. The van der Waals surface area contributed by atoms with E-state index >= 15 is 0 Å². The van der Waals surface area contributed by atoms with E-state index in [9.17, 15) is 13.2 Å². The topological polar surface area (TPSA) is 9.23 Å². The van der Waals surface area contributed by atoms with Gasteiger partial charge in [-0.1, -0.05) is 63.6 Å². The van der Waals surface area contributed by atoms with E-state index in [-0.39, 0.29) is 5.75 Å². The quantitative estimate of drug-likeness (QED) is 0.452. The van der Waals surface area contributed by atoms with Crippen LogP contribution in [-0.2, 0) is 0 Å². The molecular weight excluding hydrogens is 365 g/mol. The molecule has 5 heteroatoms. The van der Waals surface area contributed by atoms with Gasteiger partial charge in [0.1, 0.15) is 6.61 Å². The zero-order chi connectivity index (χ0) is 19.2. The summed E-state index contributed by atoms with van der Waals surface area (Å²) in [5.74, 6) is 0.821. The van der Waals surface area contributed by atoms with E-state index in [4.69, 9.17) is 4.74 Å². The number of benzene rings is 1.